The number of carboxylic acid groups (broad SMARTS) is 1. The number of hydrogen-bond donors (Lipinski definition) is 2. The number of benzene rings is 2. The van der Waals surface area contributed by atoms with Crippen LogP contribution in [0.1, 0.15) is 36.4 Å². The molecule has 0 aliphatic rings. The molecule has 0 aliphatic heterocycles. The molecule has 4 nitrogen and oxygen atoms in total. The summed E-state index contributed by atoms with van der Waals surface area (Å²) in [7, 11) is 1.65. The Morgan fingerprint density at radius 3 is 2.54 bits per heavy atom. The Morgan fingerprint density at radius 1 is 1.17 bits per heavy atom. The van der Waals surface area contributed by atoms with Gasteiger partial charge in [-0.1, -0.05) is 36.4 Å². The Bertz CT molecular complexity index is 661. The van der Waals surface area contributed by atoms with Crippen LogP contribution in [0.2, 0.25) is 0 Å². The molecular weight excluding hydrogens is 370 g/mol. The predicted molar refractivity (Wildman–Crippen MR) is 98.5 cm³/mol. The van der Waals surface area contributed by atoms with E-state index in [4.69, 9.17) is 9.84 Å². The molecule has 1 unspecified atom stereocenters. The molecule has 0 heterocycles. The number of halogens is 1. The van der Waals surface area contributed by atoms with E-state index in [0.717, 1.165) is 28.8 Å². The zero-order chi connectivity index (χ0) is 17.4. The summed E-state index contributed by atoms with van der Waals surface area (Å²) in [5.74, 6) is 0.0562. The van der Waals surface area contributed by atoms with Gasteiger partial charge in [-0.05, 0) is 58.6 Å². The number of nitrogens with one attached hydrogen (secondary N) is 1. The van der Waals surface area contributed by atoms with Gasteiger partial charge in [-0.15, -0.1) is 0 Å². The average molecular weight is 392 g/mol. The predicted octanol–water partition coefficient (Wildman–Crippen LogP) is 4.39. The highest BCUT2D eigenvalue weighted by Crippen LogP contribution is 2.30. The molecule has 1 atom stereocenters. The first-order valence-corrected chi connectivity index (χ1v) is 8.74. The van der Waals surface area contributed by atoms with Crippen LogP contribution in [0.3, 0.4) is 0 Å². The third-order valence-corrected chi connectivity index (χ3v) is 4.43. The molecule has 128 valence electrons. The quantitative estimate of drug-likeness (QED) is 0.622. The Balaban J connectivity index is 2.11. The second-order valence-electron chi connectivity index (χ2n) is 5.54. The summed E-state index contributed by atoms with van der Waals surface area (Å²) in [6, 6.07) is 16.3. The number of carbonyl (C=O) groups is 1. The molecule has 2 aromatic carbocycles. The Hall–Kier alpha value is -1.85. The minimum absolute atomic E-state index is 0.0539. The van der Waals surface area contributed by atoms with Gasteiger partial charge in [0.1, 0.15) is 5.75 Å². The van der Waals surface area contributed by atoms with Crippen LogP contribution in [0.5, 0.6) is 5.75 Å². The standard InChI is InChI=1S/C19H22BrNO3/c1-24-17-11-10-15(13-16(17)20)19(14-7-3-2-4-8-14)21-12-6-5-9-18(22)23/h2-4,7-8,10-11,13,19,21H,5-6,9,12H2,1H3,(H,22,23). The van der Waals surface area contributed by atoms with E-state index in [1.165, 1.54) is 5.56 Å². The van der Waals surface area contributed by atoms with Crippen molar-refractivity contribution in [2.45, 2.75) is 25.3 Å². The van der Waals surface area contributed by atoms with Gasteiger partial charge in [0, 0.05) is 6.42 Å². The van der Waals surface area contributed by atoms with E-state index in [2.05, 4.69) is 39.4 Å². The molecule has 0 spiro atoms. The zero-order valence-electron chi connectivity index (χ0n) is 13.7. The molecule has 0 fully saturated rings. The molecule has 2 N–H and O–H groups in total. The molecule has 0 aromatic heterocycles. The van der Waals surface area contributed by atoms with E-state index in [1.807, 2.05) is 30.3 Å². The lowest BCUT2D eigenvalue weighted by Crippen LogP contribution is -2.23. The molecule has 0 amide bonds. The van der Waals surface area contributed by atoms with Crippen LogP contribution >= 0.6 is 15.9 Å². The first-order valence-electron chi connectivity index (χ1n) is 7.95. The van der Waals surface area contributed by atoms with Gasteiger partial charge in [0.25, 0.3) is 0 Å². The number of ether oxygens (including phenoxy) is 1. The second kappa shape index (κ2) is 9.45. The fourth-order valence-electron chi connectivity index (χ4n) is 2.58. The highest BCUT2D eigenvalue weighted by Gasteiger charge is 2.15. The van der Waals surface area contributed by atoms with Crippen molar-refractivity contribution in [3.8, 4) is 5.75 Å². The summed E-state index contributed by atoms with van der Waals surface area (Å²) >= 11 is 3.54. The van der Waals surface area contributed by atoms with Crippen molar-refractivity contribution in [3.63, 3.8) is 0 Å². The van der Waals surface area contributed by atoms with Crippen LogP contribution in [0.4, 0.5) is 0 Å². The summed E-state index contributed by atoms with van der Waals surface area (Å²) in [5, 5.41) is 12.3. The van der Waals surface area contributed by atoms with Crippen LogP contribution in [0.25, 0.3) is 0 Å². The van der Waals surface area contributed by atoms with Gasteiger partial charge < -0.3 is 15.2 Å². The minimum Gasteiger partial charge on any atom is -0.496 e. The molecule has 0 aliphatic carbocycles. The van der Waals surface area contributed by atoms with Gasteiger partial charge in [-0.3, -0.25) is 4.79 Å². The topological polar surface area (TPSA) is 58.6 Å². The van der Waals surface area contributed by atoms with Crippen molar-refractivity contribution in [1.82, 2.24) is 5.32 Å². The minimum atomic E-state index is -0.742. The molecule has 0 saturated carbocycles. The molecule has 0 saturated heterocycles. The van der Waals surface area contributed by atoms with Crippen LogP contribution in [0.15, 0.2) is 53.0 Å². The van der Waals surface area contributed by atoms with Crippen molar-refractivity contribution in [2.75, 3.05) is 13.7 Å². The van der Waals surface area contributed by atoms with Gasteiger partial charge in [-0.25, -0.2) is 0 Å². The van der Waals surface area contributed by atoms with E-state index >= 15 is 0 Å². The van der Waals surface area contributed by atoms with Crippen LogP contribution < -0.4 is 10.1 Å². The molecular formula is C19H22BrNO3. The number of hydrogen-bond acceptors (Lipinski definition) is 3. The number of carboxylic acids is 1. The molecule has 24 heavy (non-hydrogen) atoms. The molecule has 2 aromatic rings. The van der Waals surface area contributed by atoms with E-state index in [-0.39, 0.29) is 12.5 Å². The highest BCUT2D eigenvalue weighted by atomic mass is 79.9. The van der Waals surface area contributed by atoms with E-state index < -0.39 is 5.97 Å². The summed E-state index contributed by atoms with van der Waals surface area (Å²) in [4.78, 5) is 10.6. The lowest BCUT2D eigenvalue weighted by Gasteiger charge is -2.21. The number of methoxy groups -OCH3 is 1. The fourth-order valence-corrected chi connectivity index (χ4v) is 3.14. The van der Waals surface area contributed by atoms with Crippen LogP contribution in [0, 0.1) is 0 Å². The average Bonchev–Trinajstić information content (AvgIpc) is 2.58. The van der Waals surface area contributed by atoms with Gasteiger partial charge in [-0.2, -0.15) is 0 Å². The molecule has 2 rings (SSSR count). The zero-order valence-corrected chi connectivity index (χ0v) is 15.3. The third kappa shape index (κ3) is 5.35. The van der Waals surface area contributed by atoms with Gasteiger partial charge >= 0.3 is 5.97 Å². The molecule has 5 heteroatoms. The largest absolute Gasteiger partial charge is 0.496 e. The summed E-state index contributed by atoms with van der Waals surface area (Å²) in [6.07, 6.45) is 1.72. The van der Waals surface area contributed by atoms with Crippen molar-refractivity contribution < 1.29 is 14.6 Å². The third-order valence-electron chi connectivity index (χ3n) is 3.81. The Morgan fingerprint density at radius 2 is 1.92 bits per heavy atom. The molecule has 0 bridgehead atoms. The van der Waals surface area contributed by atoms with Crippen molar-refractivity contribution >= 4 is 21.9 Å². The summed E-state index contributed by atoms with van der Waals surface area (Å²) in [6.45, 7) is 0.760. The Kier molecular flexibility index (Phi) is 7.28. The van der Waals surface area contributed by atoms with E-state index in [0.29, 0.717) is 6.42 Å². The van der Waals surface area contributed by atoms with Gasteiger partial charge in [0.15, 0.2) is 0 Å². The van der Waals surface area contributed by atoms with Gasteiger partial charge in [0.05, 0.1) is 17.6 Å². The lowest BCUT2D eigenvalue weighted by atomic mass is 9.98. The smallest absolute Gasteiger partial charge is 0.303 e. The number of aliphatic carboxylic acids is 1. The van der Waals surface area contributed by atoms with Crippen LogP contribution in [-0.4, -0.2) is 24.7 Å². The maximum absolute atomic E-state index is 10.6. The van der Waals surface area contributed by atoms with E-state index in [9.17, 15) is 4.79 Å². The SMILES string of the molecule is COc1ccc(C(NCCCCC(=O)O)c2ccccc2)cc1Br. The first kappa shape index (κ1) is 18.5. The molecule has 0 radical (unpaired) electrons. The number of rotatable bonds is 9. The lowest BCUT2D eigenvalue weighted by molar-refractivity contribution is -0.137. The monoisotopic (exact) mass is 391 g/mol. The summed E-state index contributed by atoms with van der Waals surface area (Å²) in [5.41, 5.74) is 2.31. The van der Waals surface area contributed by atoms with Gasteiger partial charge in [0.2, 0.25) is 0 Å². The second-order valence-corrected chi connectivity index (χ2v) is 6.40. The van der Waals surface area contributed by atoms with Crippen molar-refractivity contribution in [3.05, 3.63) is 64.1 Å². The number of unbranched alkanes of at least 4 members (excludes halogenated alkanes) is 1. The maximum Gasteiger partial charge on any atom is 0.303 e. The summed E-state index contributed by atoms with van der Waals surface area (Å²) < 4.78 is 6.21. The first-order chi connectivity index (χ1) is 11.6. The van der Waals surface area contributed by atoms with Crippen molar-refractivity contribution in [2.24, 2.45) is 0 Å². The van der Waals surface area contributed by atoms with E-state index in [1.54, 1.807) is 7.11 Å². The maximum atomic E-state index is 10.6. The Labute approximate surface area is 151 Å². The fraction of sp³-hybridized carbons (Fsp3) is 0.316. The van der Waals surface area contributed by atoms with Crippen LogP contribution in [-0.2, 0) is 4.79 Å². The normalized spacial score (nSPS) is 11.9. The highest BCUT2D eigenvalue weighted by molar-refractivity contribution is 9.10. The van der Waals surface area contributed by atoms with Crippen molar-refractivity contribution in [1.29, 1.82) is 0 Å².